The molecule has 1 N–H and O–H groups in total. The van der Waals surface area contributed by atoms with Crippen LogP contribution in [0.1, 0.15) is 25.0 Å². The van der Waals surface area contributed by atoms with Crippen LogP contribution >= 0.6 is 0 Å². The summed E-state index contributed by atoms with van der Waals surface area (Å²) < 4.78 is 14.3. The van der Waals surface area contributed by atoms with Gasteiger partial charge in [-0.25, -0.2) is 14.1 Å². The normalized spacial score (nSPS) is 17.2. The summed E-state index contributed by atoms with van der Waals surface area (Å²) in [4.78, 5) is 3.95. The van der Waals surface area contributed by atoms with Crippen molar-refractivity contribution >= 4 is 0 Å². The molecule has 1 saturated carbocycles. The Bertz CT molecular complexity index is 557. The van der Waals surface area contributed by atoms with Crippen molar-refractivity contribution in [3.8, 4) is 5.82 Å². The molecule has 0 atom stereocenters. The summed E-state index contributed by atoms with van der Waals surface area (Å²) in [5.41, 5.74) is 0.816. The zero-order valence-electron chi connectivity index (χ0n) is 10.5. The average Bonchev–Trinajstić information content (AvgIpc) is 2.83. The third kappa shape index (κ3) is 2.35. The molecule has 19 heavy (non-hydrogen) atoms. The molecule has 2 aromatic heterocycles. The summed E-state index contributed by atoms with van der Waals surface area (Å²) in [6, 6.07) is 2.89. The number of halogens is 1. The summed E-state index contributed by atoms with van der Waals surface area (Å²) in [6.45, 7) is 0.189. The van der Waals surface area contributed by atoms with Gasteiger partial charge in [0.15, 0.2) is 5.82 Å². The van der Waals surface area contributed by atoms with Gasteiger partial charge in [0.1, 0.15) is 5.82 Å². The molecule has 2 aromatic rings. The lowest BCUT2D eigenvalue weighted by Gasteiger charge is -2.39. The molecular weight excluding hydrogens is 247 g/mol. The average molecular weight is 262 g/mol. The van der Waals surface area contributed by atoms with Crippen LogP contribution in [0.4, 0.5) is 4.39 Å². The molecule has 0 bridgehead atoms. The fraction of sp³-hybridized carbons (Fsp3) is 0.462. The molecule has 1 aliphatic rings. The van der Waals surface area contributed by atoms with E-state index in [0.29, 0.717) is 5.82 Å². The van der Waals surface area contributed by atoms with Crippen LogP contribution < -0.4 is 0 Å². The number of hydrogen-bond donors (Lipinski definition) is 1. The van der Waals surface area contributed by atoms with Crippen LogP contribution in [0.3, 0.4) is 0 Å². The minimum absolute atomic E-state index is 0.0168. The molecular formula is C13H15FN4O. The monoisotopic (exact) mass is 262 g/mol. The summed E-state index contributed by atoms with van der Waals surface area (Å²) in [7, 11) is 0. The van der Waals surface area contributed by atoms with Crippen molar-refractivity contribution in [1.29, 1.82) is 0 Å². The Labute approximate surface area is 110 Å². The Balaban J connectivity index is 1.77. The fourth-order valence-corrected chi connectivity index (χ4v) is 2.45. The van der Waals surface area contributed by atoms with Gasteiger partial charge in [0.25, 0.3) is 0 Å². The summed E-state index contributed by atoms with van der Waals surface area (Å²) in [5.74, 6) is 0.157. The minimum Gasteiger partial charge on any atom is -0.396 e. The number of rotatable bonds is 4. The first-order valence-corrected chi connectivity index (χ1v) is 6.35. The number of aromatic nitrogens is 4. The highest BCUT2D eigenvalue weighted by molar-refractivity contribution is 5.21. The molecule has 3 rings (SSSR count). The first kappa shape index (κ1) is 12.2. The molecule has 0 aliphatic heterocycles. The molecule has 5 nitrogen and oxygen atoms in total. The lowest BCUT2D eigenvalue weighted by molar-refractivity contribution is 0.0441. The van der Waals surface area contributed by atoms with E-state index in [0.717, 1.165) is 37.6 Å². The van der Waals surface area contributed by atoms with Crippen molar-refractivity contribution in [3.63, 3.8) is 0 Å². The number of nitrogens with zero attached hydrogens (tertiary/aromatic N) is 4. The Morgan fingerprint density at radius 1 is 1.37 bits per heavy atom. The predicted octanol–water partition coefficient (Wildman–Crippen LogP) is 1.51. The van der Waals surface area contributed by atoms with E-state index in [1.807, 2.05) is 0 Å². The number of hydrogen-bond acceptors (Lipinski definition) is 4. The zero-order chi connectivity index (χ0) is 13.3. The van der Waals surface area contributed by atoms with Crippen molar-refractivity contribution in [2.24, 2.45) is 5.41 Å². The van der Waals surface area contributed by atoms with Gasteiger partial charge in [-0.3, -0.25) is 0 Å². The highest BCUT2D eigenvalue weighted by Crippen LogP contribution is 2.42. The van der Waals surface area contributed by atoms with E-state index in [2.05, 4.69) is 15.3 Å². The molecule has 0 spiro atoms. The first-order chi connectivity index (χ1) is 9.21. The van der Waals surface area contributed by atoms with E-state index in [1.54, 1.807) is 12.3 Å². The standard InChI is InChI=1S/C13H15FN4O/c14-10-2-3-12(15-7-10)18-8-11(16-17-18)6-13(9-19)4-1-5-13/h2-3,7-8,19H,1,4-6,9H2. The molecule has 6 heteroatoms. The van der Waals surface area contributed by atoms with Crippen LogP contribution in [-0.4, -0.2) is 31.7 Å². The van der Waals surface area contributed by atoms with Crippen LogP contribution in [0.5, 0.6) is 0 Å². The smallest absolute Gasteiger partial charge is 0.155 e. The number of pyridine rings is 1. The van der Waals surface area contributed by atoms with Crippen molar-refractivity contribution in [1.82, 2.24) is 20.0 Å². The van der Waals surface area contributed by atoms with Crippen LogP contribution in [0.15, 0.2) is 24.5 Å². The first-order valence-electron chi connectivity index (χ1n) is 6.35. The Morgan fingerprint density at radius 3 is 2.79 bits per heavy atom. The van der Waals surface area contributed by atoms with Gasteiger partial charge in [-0.15, -0.1) is 5.10 Å². The van der Waals surface area contributed by atoms with E-state index < -0.39 is 0 Å². The van der Waals surface area contributed by atoms with Crippen LogP contribution in [0.2, 0.25) is 0 Å². The molecule has 1 aliphatic carbocycles. The highest BCUT2D eigenvalue weighted by Gasteiger charge is 2.37. The zero-order valence-corrected chi connectivity index (χ0v) is 10.5. The van der Waals surface area contributed by atoms with Crippen molar-refractivity contribution in [2.45, 2.75) is 25.7 Å². The lowest BCUT2D eigenvalue weighted by atomic mass is 9.67. The van der Waals surface area contributed by atoms with Gasteiger partial charge in [-0.2, -0.15) is 0 Å². The molecule has 0 radical (unpaired) electrons. The van der Waals surface area contributed by atoms with E-state index in [1.165, 1.54) is 10.7 Å². The SMILES string of the molecule is OCC1(Cc2cn(-c3ccc(F)cn3)nn2)CCC1. The fourth-order valence-electron chi connectivity index (χ4n) is 2.45. The van der Waals surface area contributed by atoms with Gasteiger partial charge in [0.2, 0.25) is 0 Å². The van der Waals surface area contributed by atoms with Gasteiger partial charge in [-0.05, 0) is 30.4 Å². The Hall–Kier alpha value is -1.82. The molecule has 0 saturated heterocycles. The predicted molar refractivity (Wildman–Crippen MR) is 66.2 cm³/mol. The van der Waals surface area contributed by atoms with Gasteiger partial charge in [0, 0.05) is 13.0 Å². The molecule has 100 valence electrons. The highest BCUT2D eigenvalue weighted by atomic mass is 19.1. The van der Waals surface area contributed by atoms with Gasteiger partial charge >= 0.3 is 0 Å². The van der Waals surface area contributed by atoms with Crippen molar-refractivity contribution < 1.29 is 9.50 Å². The maximum atomic E-state index is 12.8. The Kier molecular flexibility index (Phi) is 3.02. The van der Waals surface area contributed by atoms with Crippen LogP contribution in [0, 0.1) is 11.2 Å². The Morgan fingerprint density at radius 2 is 2.21 bits per heavy atom. The van der Waals surface area contributed by atoms with E-state index in [-0.39, 0.29) is 17.8 Å². The molecule has 0 unspecified atom stereocenters. The number of aliphatic hydroxyl groups excluding tert-OH is 1. The second-order valence-electron chi connectivity index (χ2n) is 5.18. The maximum Gasteiger partial charge on any atom is 0.155 e. The molecule has 1 fully saturated rings. The molecule has 2 heterocycles. The third-order valence-corrected chi connectivity index (χ3v) is 3.79. The largest absolute Gasteiger partial charge is 0.396 e. The van der Waals surface area contributed by atoms with Crippen LogP contribution in [-0.2, 0) is 6.42 Å². The summed E-state index contributed by atoms with van der Waals surface area (Å²) >= 11 is 0. The van der Waals surface area contributed by atoms with Crippen molar-refractivity contribution in [3.05, 3.63) is 36.0 Å². The van der Waals surface area contributed by atoms with Gasteiger partial charge in [0.05, 0.1) is 18.1 Å². The molecule has 0 aromatic carbocycles. The van der Waals surface area contributed by atoms with Crippen molar-refractivity contribution in [2.75, 3.05) is 6.61 Å². The van der Waals surface area contributed by atoms with E-state index in [4.69, 9.17) is 0 Å². The van der Waals surface area contributed by atoms with Crippen LogP contribution in [0.25, 0.3) is 5.82 Å². The summed E-state index contributed by atoms with van der Waals surface area (Å²) in [6.07, 6.45) is 6.89. The van der Waals surface area contributed by atoms with Gasteiger partial charge < -0.3 is 5.11 Å². The topological polar surface area (TPSA) is 63.8 Å². The quantitative estimate of drug-likeness (QED) is 0.907. The second kappa shape index (κ2) is 4.70. The van der Waals surface area contributed by atoms with E-state index in [9.17, 15) is 9.50 Å². The third-order valence-electron chi connectivity index (χ3n) is 3.79. The number of aliphatic hydroxyl groups is 1. The van der Waals surface area contributed by atoms with Gasteiger partial charge in [-0.1, -0.05) is 11.6 Å². The maximum absolute atomic E-state index is 12.8. The lowest BCUT2D eigenvalue weighted by Crippen LogP contribution is -2.35. The summed E-state index contributed by atoms with van der Waals surface area (Å²) in [5, 5.41) is 17.5. The second-order valence-corrected chi connectivity index (χ2v) is 5.18. The van der Waals surface area contributed by atoms with E-state index >= 15 is 0 Å². The molecule has 0 amide bonds. The minimum atomic E-state index is -0.377.